The zero-order chi connectivity index (χ0) is 15.5. The van der Waals surface area contributed by atoms with Crippen LogP contribution in [0.4, 0.5) is 5.69 Å². The molecule has 0 aliphatic carbocycles. The zero-order valence-corrected chi connectivity index (χ0v) is 13.8. The van der Waals surface area contributed by atoms with E-state index in [0.29, 0.717) is 12.1 Å². The third-order valence-electron chi connectivity index (χ3n) is 3.57. The summed E-state index contributed by atoms with van der Waals surface area (Å²) in [5.41, 5.74) is 2.62. The second-order valence-corrected chi connectivity index (χ2v) is 6.79. The standard InChI is InChI=1S/C17H22N2OS/c1-12-7-8-13(14(10-12)18-4)16(20)19-11-17(2,3)15-6-5-9-21-15/h5-10,18H,11H2,1-4H3,(H,19,20). The molecule has 0 spiro atoms. The molecule has 1 aromatic carbocycles. The van der Waals surface area contributed by atoms with Crippen LogP contribution in [0.1, 0.15) is 34.6 Å². The van der Waals surface area contributed by atoms with Crippen LogP contribution >= 0.6 is 11.3 Å². The van der Waals surface area contributed by atoms with Crippen molar-refractivity contribution in [2.45, 2.75) is 26.2 Å². The second kappa shape index (κ2) is 6.31. The Labute approximate surface area is 130 Å². The van der Waals surface area contributed by atoms with Crippen LogP contribution in [-0.4, -0.2) is 19.5 Å². The molecule has 0 bridgehead atoms. The molecule has 0 saturated heterocycles. The highest BCUT2D eigenvalue weighted by Crippen LogP contribution is 2.27. The fourth-order valence-electron chi connectivity index (χ4n) is 2.21. The first kappa shape index (κ1) is 15.6. The highest BCUT2D eigenvalue weighted by atomic mass is 32.1. The average Bonchev–Trinajstić information content (AvgIpc) is 2.99. The van der Waals surface area contributed by atoms with E-state index >= 15 is 0 Å². The highest BCUT2D eigenvalue weighted by molar-refractivity contribution is 7.10. The predicted molar refractivity (Wildman–Crippen MR) is 90.4 cm³/mol. The molecule has 0 fully saturated rings. The van der Waals surface area contributed by atoms with E-state index in [4.69, 9.17) is 0 Å². The lowest BCUT2D eigenvalue weighted by atomic mass is 9.91. The molecule has 2 N–H and O–H groups in total. The number of hydrogen-bond acceptors (Lipinski definition) is 3. The molecule has 1 aromatic heterocycles. The summed E-state index contributed by atoms with van der Waals surface area (Å²) in [5.74, 6) is -0.0380. The molecule has 0 radical (unpaired) electrons. The second-order valence-electron chi connectivity index (χ2n) is 5.84. The normalized spacial score (nSPS) is 11.2. The minimum absolute atomic E-state index is 0.0380. The van der Waals surface area contributed by atoms with Gasteiger partial charge in [0.25, 0.3) is 5.91 Å². The monoisotopic (exact) mass is 302 g/mol. The lowest BCUT2D eigenvalue weighted by molar-refractivity contribution is 0.0946. The molecule has 1 amide bonds. The Bertz CT molecular complexity index is 618. The van der Waals surface area contributed by atoms with Gasteiger partial charge in [-0.1, -0.05) is 26.0 Å². The van der Waals surface area contributed by atoms with Gasteiger partial charge in [-0.15, -0.1) is 11.3 Å². The van der Waals surface area contributed by atoms with Crippen LogP contribution in [-0.2, 0) is 5.41 Å². The molecule has 0 aliphatic rings. The molecule has 2 rings (SSSR count). The van der Waals surface area contributed by atoms with Crippen molar-refractivity contribution < 1.29 is 4.79 Å². The van der Waals surface area contributed by atoms with Gasteiger partial charge in [0.2, 0.25) is 0 Å². The van der Waals surface area contributed by atoms with Crippen molar-refractivity contribution >= 4 is 22.9 Å². The number of aryl methyl sites for hydroxylation is 1. The molecular weight excluding hydrogens is 280 g/mol. The minimum atomic E-state index is -0.0612. The van der Waals surface area contributed by atoms with Crippen molar-refractivity contribution in [3.05, 3.63) is 51.7 Å². The summed E-state index contributed by atoms with van der Waals surface area (Å²) < 4.78 is 0. The van der Waals surface area contributed by atoms with Gasteiger partial charge < -0.3 is 10.6 Å². The molecular formula is C17H22N2OS. The van der Waals surface area contributed by atoms with E-state index in [1.807, 2.05) is 38.2 Å². The van der Waals surface area contributed by atoms with Crippen LogP contribution in [0.15, 0.2) is 35.7 Å². The van der Waals surface area contributed by atoms with E-state index in [-0.39, 0.29) is 11.3 Å². The molecule has 112 valence electrons. The van der Waals surface area contributed by atoms with Gasteiger partial charge >= 0.3 is 0 Å². The van der Waals surface area contributed by atoms with Crippen LogP contribution < -0.4 is 10.6 Å². The zero-order valence-electron chi connectivity index (χ0n) is 13.0. The van der Waals surface area contributed by atoms with E-state index in [9.17, 15) is 4.79 Å². The first-order valence-electron chi connectivity index (χ1n) is 7.04. The Morgan fingerprint density at radius 2 is 2.05 bits per heavy atom. The van der Waals surface area contributed by atoms with Gasteiger partial charge in [-0.25, -0.2) is 0 Å². The number of hydrogen-bond donors (Lipinski definition) is 2. The van der Waals surface area contributed by atoms with Crippen molar-refractivity contribution in [2.24, 2.45) is 0 Å². The maximum atomic E-state index is 12.4. The molecule has 4 heteroatoms. The summed E-state index contributed by atoms with van der Waals surface area (Å²) in [6, 6.07) is 9.97. The number of anilines is 1. The van der Waals surface area contributed by atoms with Gasteiger partial charge in [0.15, 0.2) is 0 Å². The summed E-state index contributed by atoms with van der Waals surface area (Å²) in [4.78, 5) is 13.7. The number of carbonyl (C=O) groups is 1. The SMILES string of the molecule is CNc1cc(C)ccc1C(=O)NCC(C)(C)c1cccs1. The maximum Gasteiger partial charge on any atom is 0.253 e. The van der Waals surface area contributed by atoms with Crippen LogP contribution in [0.2, 0.25) is 0 Å². The molecule has 1 heterocycles. The fourth-order valence-corrected chi connectivity index (χ4v) is 3.06. The van der Waals surface area contributed by atoms with Gasteiger partial charge in [-0.2, -0.15) is 0 Å². The summed E-state index contributed by atoms with van der Waals surface area (Å²) in [7, 11) is 1.83. The molecule has 0 unspecified atom stereocenters. The van der Waals surface area contributed by atoms with Crippen molar-refractivity contribution in [2.75, 3.05) is 18.9 Å². The fraction of sp³-hybridized carbons (Fsp3) is 0.353. The third-order valence-corrected chi connectivity index (χ3v) is 4.80. The Morgan fingerprint density at radius 1 is 1.29 bits per heavy atom. The Balaban J connectivity index is 2.09. The van der Waals surface area contributed by atoms with E-state index in [2.05, 4.69) is 35.9 Å². The van der Waals surface area contributed by atoms with Crippen molar-refractivity contribution in [1.29, 1.82) is 0 Å². The van der Waals surface area contributed by atoms with Crippen molar-refractivity contribution in [3.8, 4) is 0 Å². The Hall–Kier alpha value is -1.81. The van der Waals surface area contributed by atoms with Crippen LogP contribution in [0.3, 0.4) is 0 Å². The highest BCUT2D eigenvalue weighted by Gasteiger charge is 2.23. The summed E-state index contributed by atoms with van der Waals surface area (Å²) in [6.07, 6.45) is 0. The largest absolute Gasteiger partial charge is 0.387 e. The van der Waals surface area contributed by atoms with Gasteiger partial charge in [-0.05, 0) is 36.1 Å². The maximum absolute atomic E-state index is 12.4. The third kappa shape index (κ3) is 3.64. The van der Waals surface area contributed by atoms with Crippen molar-refractivity contribution in [1.82, 2.24) is 5.32 Å². The average molecular weight is 302 g/mol. The first-order valence-corrected chi connectivity index (χ1v) is 7.92. The van der Waals surface area contributed by atoms with Crippen LogP contribution in [0.5, 0.6) is 0 Å². The smallest absolute Gasteiger partial charge is 0.253 e. The predicted octanol–water partition coefficient (Wildman–Crippen LogP) is 3.81. The molecule has 0 saturated carbocycles. The number of benzene rings is 1. The summed E-state index contributed by atoms with van der Waals surface area (Å²) >= 11 is 1.72. The lowest BCUT2D eigenvalue weighted by Gasteiger charge is -2.24. The Kier molecular flexibility index (Phi) is 4.68. The van der Waals surface area contributed by atoms with Gasteiger partial charge in [0.1, 0.15) is 0 Å². The summed E-state index contributed by atoms with van der Waals surface area (Å²) in [5, 5.41) is 8.20. The first-order chi connectivity index (χ1) is 9.94. The van der Waals surface area contributed by atoms with E-state index in [1.165, 1.54) is 4.88 Å². The Morgan fingerprint density at radius 3 is 2.67 bits per heavy atom. The number of carbonyl (C=O) groups excluding carboxylic acids is 1. The van der Waals surface area contributed by atoms with E-state index in [0.717, 1.165) is 11.3 Å². The van der Waals surface area contributed by atoms with Crippen molar-refractivity contribution in [3.63, 3.8) is 0 Å². The molecule has 21 heavy (non-hydrogen) atoms. The number of thiophene rings is 1. The van der Waals surface area contributed by atoms with Gasteiger partial charge in [0.05, 0.1) is 5.56 Å². The number of nitrogens with one attached hydrogen (secondary N) is 2. The number of rotatable bonds is 5. The quantitative estimate of drug-likeness (QED) is 0.882. The van der Waals surface area contributed by atoms with Gasteiger partial charge in [0, 0.05) is 29.6 Å². The minimum Gasteiger partial charge on any atom is -0.387 e. The molecule has 0 atom stereocenters. The van der Waals surface area contributed by atoms with Gasteiger partial charge in [-0.3, -0.25) is 4.79 Å². The van der Waals surface area contributed by atoms with Crippen LogP contribution in [0, 0.1) is 6.92 Å². The van der Waals surface area contributed by atoms with E-state index < -0.39 is 0 Å². The van der Waals surface area contributed by atoms with E-state index in [1.54, 1.807) is 11.3 Å². The number of amides is 1. The molecule has 3 nitrogen and oxygen atoms in total. The van der Waals surface area contributed by atoms with Crippen LogP contribution in [0.25, 0.3) is 0 Å². The summed E-state index contributed by atoms with van der Waals surface area (Å²) in [6.45, 7) is 6.92. The molecule has 2 aromatic rings. The lowest BCUT2D eigenvalue weighted by Crippen LogP contribution is -2.36. The topological polar surface area (TPSA) is 41.1 Å². The molecule has 0 aliphatic heterocycles.